The summed E-state index contributed by atoms with van der Waals surface area (Å²) in [7, 11) is 0. The summed E-state index contributed by atoms with van der Waals surface area (Å²) >= 11 is 0. The van der Waals surface area contributed by atoms with Crippen molar-refractivity contribution < 1.29 is 0 Å². The molecule has 1 unspecified atom stereocenters. The van der Waals surface area contributed by atoms with Gasteiger partial charge in [0, 0.05) is 12.1 Å². The molecule has 1 saturated carbocycles. The van der Waals surface area contributed by atoms with Gasteiger partial charge in [0.15, 0.2) is 0 Å². The zero-order valence-corrected chi connectivity index (χ0v) is 8.40. The van der Waals surface area contributed by atoms with Crippen LogP contribution in [0.4, 0.5) is 0 Å². The lowest BCUT2D eigenvalue weighted by molar-refractivity contribution is 0.471. The van der Waals surface area contributed by atoms with Gasteiger partial charge in [-0.3, -0.25) is 0 Å². The topological polar surface area (TPSA) is 38.0 Å². The van der Waals surface area contributed by atoms with Crippen molar-refractivity contribution in [2.24, 2.45) is 11.7 Å². The lowest BCUT2D eigenvalue weighted by Gasteiger charge is -2.12. The molecule has 0 saturated heterocycles. The van der Waals surface area contributed by atoms with Crippen LogP contribution in [0, 0.1) is 5.92 Å². The van der Waals surface area contributed by atoms with Gasteiger partial charge in [0.1, 0.15) is 0 Å². The first kappa shape index (κ1) is 10.0. The molecule has 2 heteroatoms. The van der Waals surface area contributed by atoms with Gasteiger partial charge < -0.3 is 11.1 Å². The van der Waals surface area contributed by atoms with Crippen LogP contribution in [-0.2, 0) is 0 Å². The highest BCUT2D eigenvalue weighted by Gasteiger charge is 2.37. The molecule has 0 radical (unpaired) electrons. The zero-order valence-electron chi connectivity index (χ0n) is 8.40. The van der Waals surface area contributed by atoms with Gasteiger partial charge >= 0.3 is 0 Å². The second kappa shape index (κ2) is 4.24. The van der Waals surface area contributed by atoms with E-state index >= 15 is 0 Å². The Morgan fingerprint density at radius 2 is 2.17 bits per heavy atom. The second-order valence-electron chi connectivity index (χ2n) is 4.34. The minimum atomic E-state index is 0.176. The van der Waals surface area contributed by atoms with E-state index in [1.807, 2.05) is 0 Å². The molecular weight excluding hydrogens is 148 g/mol. The first-order chi connectivity index (χ1) is 5.66. The fourth-order valence-corrected chi connectivity index (χ4v) is 1.23. The molecule has 0 aromatic rings. The van der Waals surface area contributed by atoms with Crippen molar-refractivity contribution in [2.45, 2.75) is 45.1 Å². The first-order valence-electron chi connectivity index (χ1n) is 5.16. The number of rotatable bonds is 6. The van der Waals surface area contributed by atoms with Crippen molar-refractivity contribution in [1.29, 1.82) is 0 Å². The predicted molar refractivity (Wildman–Crippen MR) is 53.1 cm³/mol. The highest BCUT2D eigenvalue weighted by molar-refractivity contribution is 5.00. The van der Waals surface area contributed by atoms with Crippen molar-refractivity contribution in [3.8, 4) is 0 Å². The molecular formula is C10H22N2. The fourth-order valence-electron chi connectivity index (χ4n) is 1.23. The Hall–Kier alpha value is -0.0800. The smallest absolute Gasteiger partial charge is 0.0282 e. The van der Waals surface area contributed by atoms with Crippen LogP contribution in [-0.4, -0.2) is 18.6 Å². The summed E-state index contributed by atoms with van der Waals surface area (Å²) in [5.74, 6) is 0.852. The minimum absolute atomic E-state index is 0.176. The third-order valence-corrected chi connectivity index (χ3v) is 2.88. The molecule has 0 aliphatic heterocycles. The molecule has 0 aromatic carbocycles. The molecule has 12 heavy (non-hydrogen) atoms. The predicted octanol–water partition coefficient (Wildman–Crippen LogP) is 1.50. The molecule has 1 aliphatic rings. The van der Waals surface area contributed by atoms with Crippen LogP contribution in [0.25, 0.3) is 0 Å². The Morgan fingerprint density at radius 3 is 2.67 bits per heavy atom. The summed E-state index contributed by atoms with van der Waals surface area (Å²) in [5, 5.41) is 3.43. The zero-order chi connectivity index (χ0) is 9.03. The average Bonchev–Trinajstić information content (AvgIpc) is 2.78. The Kier molecular flexibility index (Phi) is 3.53. The highest BCUT2D eigenvalue weighted by Crippen LogP contribution is 2.30. The lowest BCUT2D eigenvalue weighted by Crippen LogP contribution is -2.36. The number of hydrogen-bond acceptors (Lipinski definition) is 2. The molecule has 1 fully saturated rings. The maximum absolute atomic E-state index is 5.93. The summed E-state index contributed by atoms with van der Waals surface area (Å²) in [6, 6.07) is 0. The standard InChI is InChI=1S/C10H22N2/c1-3-9(2)4-7-12-8-10(11)5-6-10/h9,12H,3-8,11H2,1-2H3. The monoisotopic (exact) mass is 170 g/mol. The van der Waals surface area contributed by atoms with Crippen molar-refractivity contribution in [3.63, 3.8) is 0 Å². The summed E-state index contributed by atoms with van der Waals surface area (Å²) in [5.41, 5.74) is 6.11. The SMILES string of the molecule is CCC(C)CCNCC1(N)CC1. The Balaban J connectivity index is 1.89. The van der Waals surface area contributed by atoms with E-state index in [1.54, 1.807) is 0 Å². The normalized spacial score (nSPS) is 22.2. The van der Waals surface area contributed by atoms with Gasteiger partial charge in [0.05, 0.1) is 0 Å². The molecule has 1 rings (SSSR count). The first-order valence-corrected chi connectivity index (χ1v) is 5.16. The van der Waals surface area contributed by atoms with Crippen LogP contribution in [0.3, 0.4) is 0 Å². The summed E-state index contributed by atoms with van der Waals surface area (Å²) in [6.07, 6.45) is 4.99. The van der Waals surface area contributed by atoms with E-state index in [9.17, 15) is 0 Å². The molecule has 0 bridgehead atoms. The summed E-state index contributed by atoms with van der Waals surface area (Å²) in [4.78, 5) is 0. The molecule has 0 amide bonds. The molecule has 72 valence electrons. The van der Waals surface area contributed by atoms with Crippen LogP contribution >= 0.6 is 0 Å². The van der Waals surface area contributed by atoms with E-state index < -0.39 is 0 Å². The maximum Gasteiger partial charge on any atom is 0.0282 e. The van der Waals surface area contributed by atoms with Gasteiger partial charge in [-0.2, -0.15) is 0 Å². The van der Waals surface area contributed by atoms with Gasteiger partial charge in [-0.15, -0.1) is 0 Å². The molecule has 1 atom stereocenters. The molecule has 1 aliphatic carbocycles. The van der Waals surface area contributed by atoms with Crippen molar-refractivity contribution in [2.75, 3.05) is 13.1 Å². The summed E-state index contributed by atoms with van der Waals surface area (Å²) < 4.78 is 0. The second-order valence-corrected chi connectivity index (χ2v) is 4.34. The van der Waals surface area contributed by atoms with E-state index in [2.05, 4.69) is 19.2 Å². The van der Waals surface area contributed by atoms with E-state index in [-0.39, 0.29) is 5.54 Å². The van der Waals surface area contributed by atoms with Gasteiger partial charge in [-0.05, 0) is 31.7 Å². The Bertz CT molecular complexity index is 130. The third kappa shape index (κ3) is 3.55. The maximum atomic E-state index is 5.93. The molecule has 2 nitrogen and oxygen atoms in total. The third-order valence-electron chi connectivity index (χ3n) is 2.88. The van der Waals surface area contributed by atoms with Gasteiger partial charge in [-0.1, -0.05) is 20.3 Å². The Labute approximate surface area is 75.9 Å². The fraction of sp³-hybridized carbons (Fsp3) is 1.00. The van der Waals surface area contributed by atoms with Crippen LogP contribution in [0.15, 0.2) is 0 Å². The molecule has 0 heterocycles. The van der Waals surface area contributed by atoms with Gasteiger partial charge in [0.2, 0.25) is 0 Å². The van der Waals surface area contributed by atoms with Gasteiger partial charge in [-0.25, -0.2) is 0 Å². The Morgan fingerprint density at radius 1 is 1.50 bits per heavy atom. The van der Waals surface area contributed by atoms with Crippen LogP contribution in [0.5, 0.6) is 0 Å². The van der Waals surface area contributed by atoms with Crippen LogP contribution in [0.2, 0.25) is 0 Å². The molecule has 0 aromatic heterocycles. The average molecular weight is 170 g/mol. The van der Waals surface area contributed by atoms with E-state index in [0.717, 1.165) is 19.0 Å². The van der Waals surface area contributed by atoms with E-state index in [1.165, 1.54) is 25.7 Å². The van der Waals surface area contributed by atoms with Crippen molar-refractivity contribution in [1.82, 2.24) is 5.32 Å². The number of hydrogen-bond donors (Lipinski definition) is 2. The van der Waals surface area contributed by atoms with E-state index in [0.29, 0.717) is 0 Å². The van der Waals surface area contributed by atoms with Crippen LogP contribution < -0.4 is 11.1 Å². The molecule has 0 spiro atoms. The highest BCUT2D eigenvalue weighted by atomic mass is 15.0. The lowest BCUT2D eigenvalue weighted by atomic mass is 10.1. The van der Waals surface area contributed by atoms with Crippen LogP contribution in [0.1, 0.15) is 39.5 Å². The van der Waals surface area contributed by atoms with E-state index in [4.69, 9.17) is 5.73 Å². The summed E-state index contributed by atoms with van der Waals surface area (Å²) in [6.45, 7) is 6.70. The quantitative estimate of drug-likeness (QED) is 0.593. The van der Waals surface area contributed by atoms with Crippen molar-refractivity contribution in [3.05, 3.63) is 0 Å². The largest absolute Gasteiger partial charge is 0.324 e. The van der Waals surface area contributed by atoms with Crippen molar-refractivity contribution >= 4 is 0 Å². The van der Waals surface area contributed by atoms with Gasteiger partial charge in [0.25, 0.3) is 0 Å². The minimum Gasteiger partial charge on any atom is -0.324 e. The number of nitrogens with two attached hydrogens (primary N) is 1. The molecule has 3 N–H and O–H groups in total. The number of nitrogens with one attached hydrogen (secondary N) is 1.